The number of nitrogens with one attached hydrogen (secondary N) is 1. The molecular formula is C15H19NO5. The minimum absolute atomic E-state index is 0.0326. The fourth-order valence-electron chi connectivity index (χ4n) is 1.96. The maximum atomic E-state index is 11.9. The Bertz CT molecular complexity index is 514. The summed E-state index contributed by atoms with van der Waals surface area (Å²) in [5.41, 5.74) is -0.754. The summed E-state index contributed by atoms with van der Waals surface area (Å²) in [4.78, 5) is 33.7. The van der Waals surface area contributed by atoms with Crippen LogP contribution in [0.4, 0.5) is 0 Å². The van der Waals surface area contributed by atoms with Crippen molar-refractivity contribution in [1.82, 2.24) is 5.32 Å². The first-order valence-electron chi connectivity index (χ1n) is 6.63. The number of carboxylic acid groups (broad SMARTS) is 2. The summed E-state index contributed by atoms with van der Waals surface area (Å²) in [5, 5.41) is 20.5. The molecular weight excluding hydrogens is 274 g/mol. The third-order valence-electron chi connectivity index (χ3n) is 3.29. The maximum absolute atomic E-state index is 11.9. The van der Waals surface area contributed by atoms with Crippen molar-refractivity contribution in [2.45, 2.75) is 31.6 Å². The number of carbonyl (C=O) groups excluding carboxylic acids is 1. The third kappa shape index (κ3) is 4.91. The first kappa shape index (κ1) is 16.7. The molecule has 0 heterocycles. The van der Waals surface area contributed by atoms with Gasteiger partial charge in [-0.3, -0.25) is 14.4 Å². The van der Waals surface area contributed by atoms with E-state index in [1.165, 1.54) is 6.92 Å². The Balaban J connectivity index is 2.65. The van der Waals surface area contributed by atoms with Crippen LogP contribution in [0, 0.1) is 0 Å². The van der Waals surface area contributed by atoms with Crippen molar-refractivity contribution in [1.29, 1.82) is 0 Å². The molecule has 6 nitrogen and oxygen atoms in total. The standard InChI is InChI=1S/C15H19NO5/c1-15(14(20)21,11-6-3-2-4-7-11)10-12(17)16-9-5-8-13(18)19/h2-4,6-7H,5,8-10H2,1H3,(H,16,17)(H,18,19)(H,20,21). The van der Waals surface area contributed by atoms with Crippen molar-refractivity contribution in [2.24, 2.45) is 0 Å². The van der Waals surface area contributed by atoms with Gasteiger partial charge in [-0.1, -0.05) is 30.3 Å². The summed E-state index contributed by atoms with van der Waals surface area (Å²) in [6.45, 7) is 1.72. The molecule has 21 heavy (non-hydrogen) atoms. The third-order valence-corrected chi connectivity index (χ3v) is 3.29. The zero-order valence-electron chi connectivity index (χ0n) is 11.8. The highest BCUT2D eigenvalue weighted by atomic mass is 16.4. The predicted octanol–water partition coefficient (Wildman–Crippen LogP) is 1.40. The van der Waals surface area contributed by atoms with Crippen LogP contribution in [0.3, 0.4) is 0 Å². The van der Waals surface area contributed by atoms with Crippen LogP contribution in [0.1, 0.15) is 31.7 Å². The molecule has 1 atom stereocenters. The second kappa shape index (κ2) is 7.42. The van der Waals surface area contributed by atoms with Crippen LogP contribution in [0.15, 0.2) is 30.3 Å². The van der Waals surface area contributed by atoms with Gasteiger partial charge >= 0.3 is 11.9 Å². The van der Waals surface area contributed by atoms with E-state index >= 15 is 0 Å². The van der Waals surface area contributed by atoms with Gasteiger partial charge in [0.05, 0.1) is 5.41 Å². The lowest BCUT2D eigenvalue weighted by Crippen LogP contribution is -2.39. The molecule has 0 saturated heterocycles. The van der Waals surface area contributed by atoms with Crippen LogP contribution in [0.5, 0.6) is 0 Å². The fraction of sp³-hybridized carbons (Fsp3) is 0.400. The van der Waals surface area contributed by atoms with E-state index in [4.69, 9.17) is 5.11 Å². The van der Waals surface area contributed by atoms with Crippen molar-refractivity contribution >= 4 is 17.8 Å². The highest BCUT2D eigenvalue weighted by Gasteiger charge is 2.37. The van der Waals surface area contributed by atoms with Gasteiger partial charge in [0.25, 0.3) is 0 Å². The fourth-order valence-corrected chi connectivity index (χ4v) is 1.96. The van der Waals surface area contributed by atoms with Gasteiger partial charge in [0.15, 0.2) is 0 Å². The van der Waals surface area contributed by atoms with Gasteiger partial charge in [0.1, 0.15) is 0 Å². The first-order valence-corrected chi connectivity index (χ1v) is 6.63. The number of carbonyl (C=O) groups is 3. The van der Waals surface area contributed by atoms with Crippen LogP contribution in [0.2, 0.25) is 0 Å². The van der Waals surface area contributed by atoms with E-state index in [0.717, 1.165) is 0 Å². The topological polar surface area (TPSA) is 104 Å². The SMILES string of the molecule is CC(CC(=O)NCCCC(=O)O)(C(=O)O)c1ccccc1. The molecule has 1 amide bonds. The number of benzene rings is 1. The Morgan fingerprint density at radius 3 is 2.29 bits per heavy atom. The maximum Gasteiger partial charge on any atom is 0.314 e. The van der Waals surface area contributed by atoms with Gasteiger partial charge in [-0.05, 0) is 18.9 Å². The van der Waals surface area contributed by atoms with Crippen molar-refractivity contribution in [3.63, 3.8) is 0 Å². The number of rotatable bonds is 8. The minimum atomic E-state index is -1.31. The molecule has 1 aromatic carbocycles. The van der Waals surface area contributed by atoms with Crippen molar-refractivity contribution < 1.29 is 24.6 Å². The monoisotopic (exact) mass is 293 g/mol. The van der Waals surface area contributed by atoms with Crippen molar-refractivity contribution in [3.8, 4) is 0 Å². The minimum Gasteiger partial charge on any atom is -0.481 e. The number of amides is 1. The van der Waals surface area contributed by atoms with E-state index in [-0.39, 0.29) is 19.4 Å². The zero-order valence-corrected chi connectivity index (χ0v) is 11.8. The quantitative estimate of drug-likeness (QED) is 0.628. The van der Waals surface area contributed by atoms with Crippen molar-refractivity contribution in [3.05, 3.63) is 35.9 Å². The molecule has 1 aromatic rings. The van der Waals surface area contributed by atoms with E-state index in [1.807, 2.05) is 0 Å². The van der Waals surface area contributed by atoms with E-state index < -0.39 is 23.3 Å². The van der Waals surface area contributed by atoms with E-state index in [2.05, 4.69) is 5.32 Å². The summed E-state index contributed by atoms with van der Waals surface area (Å²) < 4.78 is 0. The Labute approximate surface area is 122 Å². The van der Waals surface area contributed by atoms with Gasteiger partial charge in [-0.25, -0.2) is 0 Å². The molecule has 6 heteroatoms. The van der Waals surface area contributed by atoms with Gasteiger partial charge < -0.3 is 15.5 Å². The van der Waals surface area contributed by atoms with Crippen LogP contribution < -0.4 is 5.32 Å². The Kier molecular flexibility index (Phi) is 5.90. The summed E-state index contributed by atoms with van der Waals surface area (Å²) >= 11 is 0. The Morgan fingerprint density at radius 2 is 1.76 bits per heavy atom. The van der Waals surface area contributed by atoms with Gasteiger partial charge in [0, 0.05) is 19.4 Å². The lowest BCUT2D eigenvalue weighted by molar-refractivity contribution is -0.145. The summed E-state index contributed by atoms with van der Waals surface area (Å²) in [6, 6.07) is 8.57. The summed E-state index contributed by atoms with van der Waals surface area (Å²) in [7, 11) is 0. The summed E-state index contributed by atoms with van der Waals surface area (Å²) in [6.07, 6.45) is 0.0881. The molecule has 1 unspecified atom stereocenters. The predicted molar refractivity (Wildman–Crippen MR) is 75.9 cm³/mol. The number of aliphatic carboxylic acids is 2. The molecule has 0 aromatic heterocycles. The molecule has 0 bridgehead atoms. The van der Waals surface area contributed by atoms with Crippen molar-refractivity contribution in [2.75, 3.05) is 6.54 Å². The van der Waals surface area contributed by atoms with Gasteiger partial charge in [-0.2, -0.15) is 0 Å². The largest absolute Gasteiger partial charge is 0.481 e. The molecule has 0 aliphatic rings. The van der Waals surface area contributed by atoms with E-state index in [0.29, 0.717) is 12.0 Å². The normalized spacial score (nSPS) is 13.2. The molecule has 1 rings (SSSR count). The Morgan fingerprint density at radius 1 is 1.14 bits per heavy atom. The highest BCUT2D eigenvalue weighted by Crippen LogP contribution is 2.27. The van der Waals surface area contributed by atoms with Gasteiger partial charge in [0.2, 0.25) is 5.91 Å². The Hall–Kier alpha value is -2.37. The van der Waals surface area contributed by atoms with Crippen LogP contribution in [0.25, 0.3) is 0 Å². The average molecular weight is 293 g/mol. The second-order valence-corrected chi connectivity index (χ2v) is 5.03. The first-order chi connectivity index (χ1) is 9.86. The molecule has 0 fully saturated rings. The molecule has 0 spiro atoms. The number of carboxylic acids is 2. The highest BCUT2D eigenvalue weighted by molar-refractivity contribution is 5.89. The lowest BCUT2D eigenvalue weighted by atomic mass is 9.79. The van der Waals surface area contributed by atoms with E-state index in [1.54, 1.807) is 30.3 Å². The molecule has 0 aliphatic heterocycles. The van der Waals surface area contributed by atoms with E-state index in [9.17, 15) is 19.5 Å². The number of hydrogen-bond donors (Lipinski definition) is 3. The molecule has 0 saturated carbocycles. The second-order valence-electron chi connectivity index (χ2n) is 5.03. The summed E-state index contributed by atoms with van der Waals surface area (Å²) in [5.74, 6) is -2.41. The number of hydrogen-bond acceptors (Lipinski definition) is 3. The smallest absolute Gasteiger partial charge is 0.314 e. The molecule has 0 radical (unpaired) electrons. The van der Waals surface area contributed by atoms with Crippen LogP contribution >= 0.6 is 0 Å². The van der Waals surface area contributed by atoms with Crippen LogP contribution in [-0.2, 0) is 19.8 Å². The van der Waals surface area contributed by atoms with Gasteiger partial charge in [-0.15, -0.1) is 0 Å². The molecule has 0 aliphatic carbocycles. The average Bonchev–Trinajstić information content (AvgIpc) is 2.44. The zero-order chi connectivity index (χ0) is 15.9. The molecule has 114 valence electrons. The van der Waals surface area contributed by atoms with Crippen LogP contribution in [-0.4, -0.2) is 34.6 Å². The molecule has 3 N–H and O–H groups in total. The lowest BCUT2D eigenvalue weighted by Gasteiger charge is -2.24.